The molecule has 10 heteroatoms. The quantitative estimate of drug-likeness (QED) is 0.476. The van der Waals surface area contributed by atoms with Crippen molar-refractivity contribution in [2.45, 2.75) is 5.16 Å². The second kappa shape index (κ2) is 9.00. The molecule has 1 N–H and O–H groups in total. The van der Waals surface area contributed by atoms with Gasteiger partial charge in [-0.3, -0.25) is 4.79 Å². The van der Waals surface area contributed by atoms with Crippen LogP contribution < -0.4 is 10.1 Å². The number of carbonyl (C=O) groups excluding carboxylic acids is 2. The number of anilines is 1. The molecule has 28 heavy (non-hydrogen) atoms. The van der Waals surface area contributed by atoms with Gasteiger partial charge in [-0.05, 0) is 40.8 Å². The third-order valence-electron chi connectivity index (χ3n) is 3.64. The molecule has 3 aromatic rings. The van der Waals surface area contributed by atoms with Crippen molar-refractivity contribution in [3.05, 3.63) is 54.1 Å². The van der Waals surface area contributed by atoms with Crippen LogP contribution in [0.1, 0.15) is 10.4 Å². The fourth-order valence-corrected chi connectivity index (χ4v) is 3.03. The Hall–Kier alpha value is -3.40. The molecule has 0 aliphatic heterocycles. The Labute approximate surface area is 165 Å². The molecular weight excluding hydrogens is 382 g/mol. The van der Waals surface area contributed by atoms with Gasteiger partial charge in [0.25, 0.3) is 0 Å². The molecule has 0 fully saturated rings. The molecule has 0 unspecified atom stereocenters. The smallest absolute Gasteiger partial charge is 0.337 e. The molecule has 1 aromatic heterocycles. The highest BCUT2D eigenvalue weighted by Crippen LogP contribution is 2.21. The molecule has 0 saturated heterocycles. The van der Waals surface area contributed by atoms with E-state index >= 15 is 0 Å². The number of nitrogens with one attached hydrogen (secondary N) is 1. The predicted molar refractivity (Wildman–Crippen MR) is 103 cm³/mol. The van der Waals surface area contributed by atoms with Crippen molar-refractivity contribution in [1.82, 2.24) is 20.2 Å². The molecule has 0 radical (unpaired) electrons. The number of nitrogens with zero attached hydrogens (tertiary/aromatic N) is 4. The van der Waals surface area contributed by atoms with Gasteiger partial charge in [0.1, 0.15) is 5.75 Å². The minimum absolute atomic E-state index is 0.0901. The Balaban J connectivity index is 1.64. The largest absolute Gasteiger partial charge is 0.497 e. The molecule has 0 saturated carbocycles. The Morgan fingerprint density at radius 1 is 1.14 bits per heavy atom. The van der Waals surface area contributed by atoms with Crippen molar-refractivity contribution in [1.29, 1.82) is 0 Å². The number of hydrogen-bond acceptors (Lipinski definition) is 8. The number of thioether (sulfide) groups is 1. The standard InChI is InChI=1S/C18H17N5O4S/c1-26-15-8-4-7-14(10-15)23-18(20-21-22-23)28-11-16(24)19-13-6-3-5-12(9-13)17(25)27-2/h3-10H,11H2,1-2H3,(H,19,24). The summed E-state index contributed by atoms with van der Waals surface area (Å²) < 4.78 is 11.4. The van der Waals surface area contributed by atoms with Gasteiger partial charge in [0.05, 0.1) is 31.2 Å². The maximum Gasteiger partial charge on any atom is 0.337 e. The van der Waals surface area contributed by atoms with Crippen LogP contribution >= 0.6 is 11.8 Å². The zero-order valence-electron chi connectivity index (χ0n) is 15.2. The lowest BCUT2D eigenvalue weighted by atomic mass is 10.2. The lowest BCUT2D eigenvalue weighted by molar-refractivity contribution is -0.113. The number of amides is 1. The molecule has 0 atom stereocenters. The second-order valence-electron chi connectivity index (χ2n) is 5.48. The van der Waals surface area contributed by atoms with Gasteiger partial charge in [-0.15, -0.1) is 5.10 Å². The Bertz CT molecular complexity index is 991. The molecule has 0 spiro atoms. The van der Waals surface area contributed by atoms with Gasteiger partial charge in [0.2, 0.25) is 11.1 Å². The average Bonchev–Trinajstić information content (AvgIpc) is 3.20. The summed E-state index contributed by atoms with van der Waals surface area (Å²) in [7, 11) is 2.88. The van der Waals surface area contributed by atoms with Crippen LogP contribution in [0, 0.1) is 0 Å². The van der Waals surface area contributed by atoms with Crippen molar-refractivity contribution in [2.75, 3.05) is 25.3 Å². The van der Waals surface area contributed by atoms with Crippen molar-refractivity contribution < 1.29 is 19.1 Å². The highest BCUT2D eigenvalue weighted by Gasteiger charge is 2.13. The first-order valence-electron chi connectivity index (χ1n) is 8.14. The summed E-state index contributed by atoms with van der Waals surface area (Å²) in [6, 6.07) is 13.8. The van der Waals surface area contributed by atoms with E-state index in [1.54, 1.807) is 37.4 Å². The highest BCUT2D eigenvalue weighted by molar-refractivity contribution is 7.99. The maximum absolute atomic E-state index is 12.3. The lowest BCUT2D eigenvalue weighted by Crippen LogP contribution is -2.15. The first kappa shape index (κ1) is 19.4. The molecule has 9 nitrogen and oxygen atoms in total. The molecule has 1 heterocycles. The van der Waals surface area contributed by atoms with Crippen molar-refractivity contribution >= 4 is 29.3 Å². The topological polar surface area (TPSA) is 108 Å². The van der Waals surface area contributed by atoms with Crippen LogP contribution in [-0.2, 0) is 9.53 Å². The number of benzene rings is 2. The van der Waals surface area contributed by atoms with E-state index in [0.29, 0.717) is 22.2 Å². The average molecular weight is 399 g/mol. The van der Waals surface area contributed by atoms with Crippen LogP contribution in [0.15, 0.2) is 53.7 Å². The summed E-state index contributed by atoms with van der Waals surface area (Å²) in [5.41, 5.74) is 1.58. The van der Waals surface area contributed by atoms with Crippen molar-refractivity contribution in [2.24, 2.45) is 0 Å². The fraction of sp³-hybridized carbons (Fsp3) is 0.167. The van der Waals surface area contributed by atoms with Gasteiger partial charge in [-0.1, -0.05) is 23.9 Å². The monoisotopic (exact) mass is 399 g/mol. The summed E-state index contributed by atoms with van der Waals surface area (Å²) in [4.78, 5) is 23.8. The van der Waals surface area contributed by atoms with E-state index in [-0.39, 0.29) is 11.7 Å². The Kier molecular flexibility index (Phi) is 6.22. The molecule has 0 aliphatic carbocycles. The lowest BCUT2D eigenvalue weighted by Gasteiger charge is -2.08. The van der Waals surface area contributed by atoms with Gasteiger partial charge in [0.15, 0.2) is 0 Å². The summed E-state index contributed by atoms with van der Waals surface area (Å²) in [6.45, 7) is 0. The molecule has 1 amide bonds. The molecule has 0 aliphatic rings. The van der Waals surface area contributed by atoms with Crippen LogP contribution in [0.2, 0.25) is 0 Å². The van der Waals surface area contributed by atoms with Gasteiger partial charge >= 0.3 is 5.97 Å². The molecular formula is C18H17N5O4S. The van der Waals surface area contributed by atoms with Crippen LogP contribution in [-0.4, -0.2) is 52.1 Å². The number of hydrogen-bond donors (Lipinski definition) is 1. The Morgan fingerprint density at radius 3 is 2.75 bits per heavy atom. The molecule has 3 rings (SSSR count). The number of tetrazole rings is 1. The first-order valence-corrected chi connectivity index (χ1v) is 9.13. The summed E-state index contributed by atoms with van der Waals surface area (Å²) in [5, 5.41) is 14.8. The number of carbonyl (C=O) groups is 2. The number of esters is 1. The van der Waals surface area contributed by atoms with Gasteiger partial charge < -0.3 is 14.8 Å². The minimum Gasteiger partial charge on any atom is -0.497 e. The first-order chi connectivity index (χ1) is 13.6. The summed E-state index contributed by atoms with van der Waals surface area (Å²) >= 11 is 1.19. The summed E-state index contributed by atoms with van der Waals surface area (Å²) in [5.74, 6) is 0.0367. The van der Waals surface area contributed by atoms with E-state index in [1.807, 2.05) is 18.2 Å². The maximum atomic E-state index is 12.3. The summed E-state index contributed by atoms with van der Waals surface area (Å²) in [6.07, 6.45) is 0. The number of ether oxygens (including phenoxy) is 2. The second-order valence-corrected chi connectivity index (χ2v) is 6.43. The Morgan fingerprint density at radius 2 is 1.96 bits per heavy atom. The van der Waals surface area contributed by atoms with E-state index in [0.717, 1.165) is 5.69 Å². The third-order valence-corrected chi connectivity index (χ3v) is 4.56. The fourth-order valence-electron chi connectivity index (χ4n) is 2.34. The van der Waals surface area contributed by atoms with E-state index in [2.05, 4.69) is 25.6 Å². The molecule has 2 aromatic carbocycles. The highest BCUT2D eigenvalue weighted by atomic mass is 32.2. The van der Waals surface area contributed by atoms with Crippen molar-refractivity contribution in [3.8, 4) is 11.4 Å². The van der Waals surface area contributed by atoms with Gasteiger partial charge in [0, 0.05) is 11.8 Å². The normalized spacial score (nSPS) is 10.4. The molecule has 144 valence electrons. The zero-order chi connectivity index (χ0) is 19.9. The SMILES string of the molecule is COC(=O)c1cccc(NC(=O)CSc2nnnn2-c2cccc(OC)c2)c1. The minimum atomic E-state index is -0.470. The van der Waals surface area contributed by atoms with E-state index in [9.17, 15) is 9.59 Å². The molecule has 0 bridgehead atoms. The van der Waals surface area contributed by atoms with E-state index in [4.69, 9.17) is 4.74 Å². The van der Waals surface area contributed by atoms with Crippen LogP contribution in [0.25, 0.3) is 5.69 Å². The van der Waals surface area contributed by atoms with Crippen molar-refractivity contribution in [3.63, 3.8) is 0 Å². The third kappa shape index (κ3) is 4.65. The van der Waals surface area contributed by atoms with Gasteiger partial charge in [-0.2, -0.15) is 4.68 Å². The predicted octanol–water partition coefficient (Wildman–Crippen LogP) is 2.19. The van der Waals surface area contributed by atoms with E-state index < -0.39 is 5.97 Å². The number of aromatic nitrogens is 4. The zero-order valence-corrected chi connectivity index (χ0v) is 16.0. The van der Waals surface area contributed by atoms with Gasteiger partial charge in [-0.25, -0.2) is 4.79 Å². The van der Waals surface area contributed by atoms with Crippen LogP contribution in [0.5, 0.6) is 5.75 Å². The van der Waals surface area contributed by atoms with E-state index in [1.165, 1.54) is 23.6 Å². The van der Waals surface area contributed by atoms with Crippen LogP contribution in [0.4, 0.5) is 5.69 Å². The van der Waals surface area contributed by atoms with Crippen LogP contribution in [0.3, 0.4) is 0 Å². The number of rotatable bonds is 7. The number of methoxy groups -OCH3 is 2.